The van der Waals surface area contributed by atoms with Crippen molar-refractivity contribution in [1.82, 2.24) is 10.2 Å². The topological polar surface area (TPSA) is 48.9 Å². The normalized spacial score (nSPS) is 10.7. The predicted molar refractivity (Wildman–Crippen MR) is 72.0 cm³/mol. The van der Waals surface area contributed by atoms with Gasteiger partial charge in [0.1, 0.15) is 0 Å². The summed E-state index contributed by atoms with van der Waals surface area (Å²) in [6.07, 6.45) is 0. The van der Waals surface area contributed by atoms with Crippen LogP contribution < -0.4 is 0 Å². The summed E-state index contributed by atoms with van der Waals surface area (Å²) in [6.45, 7) is 2.24. The first kappa shape index (κ1) is 12.2. The molecule has 2 N–H and O–H groups in total. The molecule has 0 bridgehead atoms. The number of aliphatic hydroxyl groups is 1. The second-order valence-electron chi connectivity index (χ2n) is 3.91. The van der Waals surface area contributed by atoms with Crippen LogP contribution in [-0.2, 0) is 5.75 Å². The molecule has 0 radical (unpaired) electrons. The van der Waals surface area contributed by atoms with E-state index in [1.165, 1.54) is 5.56 Å². The van der Waals surface area contributed by atoms with Crippen LogP contribution in [0.4, 0.5) is 0 Å². The second-order valence-corrected chi connectivity index (χ2v) is 5.01. The summed E-state index contributed by atoms with van der Waals surface area (Å²) in [5.41, 5.74) is 4.46. The van der Waals surface area contributed by atoms with E-state index in [0.717, 1.165) is 28.5 Å². The Morgan fingerprint density at radius 2 is 2.06 bits per heavy atom. The van der Waals surface area contributed by atoms with E-state index in [2.05, 4.69) is 34.5 Å². The molecule has 0 fully saturated rings. The molecule has 1 aromatic carbocycles. The lowest BCUT2D eigenvalue weighted by atomic mass is 10.1. The average Bonchev–Trinajstić information content (AvgIpc) is 2.77. The molecule has 3 nitrogen and oxygen atoms in total. The quantitative estimate of drug-likeness (QED) is 0.800. The Morgan fingerprint density at radius 3 is 2.65 bits per heavy atom. The van der Waals surface area contributed by atoms with Gasteiger partial charge >= 0.3 is 0 Å². The van der Waals surface area contributed by atoms with Crippen molar-refractivity contribution < 1.29 is 5.11 Å². The molecular formula is C13H16N2OS. The highest BCUT2D eigenvalue weighted by Crippen LogP contribution is 2.20. The van der Waals surface area contributed by atoms with E-state index in [-0.39, 0.29) is 6.61 Å². The number of aromatic nitrogens is 2. The lowest BCUT2D eigenvalue weighted by Crippen LogP contribution is -1.88. The number of H-pyrrole nitrogens is 1. The maximum absolute atomic E-state index is 8.71. The van der Waals surface area contributed by atoms with Crippen molar-refractivity contribution >= 4 is 11.8 Å². The van der Waals surface area contributed by atoms with Crippen LogP contribution in [0.2, 0.25) is 0 Å². The third kappa shape index (κ3) is 3.35. The summed E-state index contributed by atoms with van der Waals surface area (Å²) in [5, 5.41) is 15.9. The van der Waals surface area contributed by atoms with Crippen molar-refractivity contribution in [3.05, 3.63) is 41.6 Å². The van der Waals surface area contributed by atoms with Crippen molar-refractivity contribution in [1.29, 1.82) is 0 Å². The molecule has 4 heteroatoms. The fraction of sp³-hybridized carbons (Fsp3) is 0.308. The van der Waals surface area contributed by atoms with E-state index in [9.17, 15) is 0 Å². The Morgan fingerprint density at radius 1 is 1.29 bits per heavy atom. The van der Waals surface area contributed by atoms with Gasteiger partial charge in [0.15, 0.2) is 0 Å². The van der Waals surface area contributed by atoms with Gasteiger partial charge in [-0.3, -0.25) is 5.10 Å². The van der Waals surface area contributed by atoms with E-state index < -0.39 is 0 Å². The molecule has 0 aliphatic carbocycles. The first-order chi connectivity index (χ1) is 8.29. The van der Waals surface area contributed by atoms with Gasteiger partial charge < -0.3 is 5.11 Å². The highest BCUT2D eigenvalue weighted by atomic mass is 32.2. The Kier molecular flexibility index (Phi) is 4.23. The zero-order valence-corrected chi connectivity index (χ0v) is 10.6. The number of aromatic amines is 1. The standard InChI is InChI=1S/C13H16N2OS/c1-10-8-13(15-14-10)12-4-2-11(3-5-12)9-17-7-6-16/h2-5,8,16H,6-7,9H2,1H3,(H,14,15). The zero-order valence-electron chi connectivity index (χ0n) is 9.81. The smallest absolute Gasteiger partial charge is 0.0923 e. The van der Waals surface area contributed by atoms with Crippen LogP contribution in [-0.4, -0.2) is 27.7 Å². The van der Waals surface area contributed by atoms with Gasteiger partial charge in [-0.1, -0.05) is 24.3 Å². The van der Waals surface area contributed by atoms with Gasteiger partial charge in [-0.25, -0.2) is 0 Å². The number of thioether (sulfide) groups is 1. The van der Waals surface area contributed by atoms with Gasteiger partial charge in [0.25, 0.3) is 0 Å². The Hall–Kier alpha value is -1.26. The molecule has 0 saturated carbocycles. The van der Waals surface area contributed by atoms with Gasteiger partial charge in [0.05, 0.1) is 12.3 Å². The summed E-state index contributed by atoms with van der Waals surface area (Å²) < 4.78 is 0. The number of aryl methyl sites for hydroxylation is 1. The molecule has 0 amide bonds. The van der Waals surface area contributed by atoms with E-state index in [1.807, 2.05) is 13.0 Å². The van der Waals surface area contributed by atoms with Gasteiger partial charge in [-0.05, 0) is 18.6 Å². The van der Waals surface area contributed by atoms with Crippen molar-refractivity contribution in [2.45, 2.75) is 12.7 Å². The summed E-state index contributed by atoms with van der Waals surface area (Å²) in [5.74, 6) is 1.74. The number of nitrogens with one attached hydrogen (secondary N) is 1. The highest BCUT2D eigenvalue weighted by molar-refractivity contribution is 7.98. The number of nitrogens with zero attached hydrogens (tertiary/aromatic N) is 1. The SMILES string of the molecule is Cc1cc(-c2ccc(CSCCO)cc2)n[nH]1. The van der Waals surface area contributed by atoms with Crippen LogP contribution in [0, 0.1) is 6.92 Å². The number of rotatable bonds is 5. The minimum absolute atomic E-state index is 0.245. The van der Waals surface area contributed by atoms with Crippen molar-refractivity contribution in [2.24, 2.45) is 0 Å². The van der Waals surface area contributed by atoms with Crippen LogP contribution >= 0.6 is 11.8 Å². The zero-order chi connectivity index (χ0) is 12.1. The van der Waals surface area contributed by atoms with Crippen molar-refractivity contribution in [3.63, 3.8) is 0 Å². The molecule has 1 heterocycles. The van der Waals surface area contributed by atoms with Crippen LogP contribution in [0.3, 0.4) is 0 Å². The average molecular weight is 248 g/mol. The summed E-state index contributed by atoms with van der Waals surface area (Å²) in [6, 6.07) is 10.4. The van der Waals surface area contributed by atoms with Crippen molar-refractivity contribution in [3.8, 4) is 11.3 Å². The van der Waals surface area contributed by atoms with Gasteiger partial charge in [0.2, 0.25) is 0 Å². The fourth-order valence-corrected chi connectivity index (χ4v) is 2.29. The Balaban J connectivity index is 2.02. The predicted octanol–water partition coefficient (Wildman–Crippen LogP) is 2.61. The molecule has 0 aliphatic heterocycles. The van der Waals surface area contributed by atoms with Gasteiger partial charge in [-0.15, -0.1) is 0 Å². The molecular weight excluding hydrogens is 232 g/mol. The van der Waals surface area contributed by atoms with E-state index in [0.29, 0.717) is 0 Å². The molecule has 0 aliphatic rings. The van der Waals surface area contributed by atoms with E-state index in [4.69, 9.17) is 5.11 Å². The lowest BCUT2D eigenvalue weighted by molar-refractivity contribution is 0.322. The van der Waals surface area contributed by atoms with Crippen molar-refractivity contribution in [2.75, 3.05) is 12.4 Å². The highest BCUT2D eigenvalue weighted by Gasteiger charge is 2.01. The molecule has 2 aromatic rings. The van der Waals surface area contributed by atoms with E-state index in [1.54, 1.807) is 11.8 Å². The number of benzene rings is 1. The third-order valence-electron chi connectivity index (χ3n) is 2.46. The molecule has 17 heavy (non-hydrogen) atoms. The number of hydrogen-bond acceptors (Lipinski definition) is 3. The molecule has 90 valence electrons. The largest absolute Gasteiger partial charge is 0.396 e. The minimum Gasteiger partial charge on any atom is -0.396 e. The minimum atomic E-state index is 0.245. The molecule has 0 spiro atoms. The molecule has 0 atom stereocenters. The van der Waals surface area contributed by atoms with Gasteiger partial charge in [-0.2, -0.15) is 16.9 Å². The van der Waals surface area contributed by atoms with Crippen LogP contribution in [0.15, 0.2) is 30.3 Å². The maximum Gasteiger partial charge on any atom is 0.0923 e. The first-order valence-electron chi connectivity index (χ1n) is 5.59. The first-order valence-corrected chi connectivity index (χ1v) is 6.75. The van der Waals surface area contributed by atoms with Crippen LogP contribution in [0.5, 0.6) is 0 Å². The molecule has 1 aromatic heterocycles. The fourth-order valence-electron chi connectivity index (χ4n) is 1.59. The summed E-state index contributed by atoms with van der Waals surface area (Å²) in [4.78, 5) is 0. The summed E-state index contributed by atoms with van der Waals surface area (Å²) >= 11 is 1.74. The maximum atomic E-state index is 8.71. The van der Waals surface area contributed by atoms with E-state index >= 15 is 0 Å². The monoisotopic (exact) mass is 248 g/mol. The Bertz CT molecular complexity index is 465. The van der Waals surface area contributed by atoms with Crippen LogP contribution in [0.1, 0.15) is 11.3 Å². The second kappa shape index (κ2) is 5.89. The Labute approximate surface area is 105 Å². The number of hydrogen-bond donors (Lipinski definition) is 2. The molecule has 2 rings (SSSR count). The molecule has 0 unspecified atom stereocenters. The lowest BCUT2D eigenvalue weighted by Gasteiger charge is -2.01. The van der Waals surface area contributed by atoms with Gasteiger partial charge in [0, 0.05) is 22.8 Å². The third-order valence-corrected chi connectivity index (χ3v) is 3.47. The summed E-state index contributed by atoms with van der Waals surface area (Å²) in [7, 11) is 0. The van der Waals surface area contributed by atoms with Crippen LogP contribution in [0.25, 0.3) is 11.3 Å². The number of aliphatic hydroxyl groups excluding tert-OH is 1. The molecule has 0 saturated heterocycles.